The fourth-order valence-corrected chi connectivity index (χ4v) is 7.42. The average Bonchev–Trinajstić information content (AvgIpc) is 3.33. The van der Waals surface area contributed by atoms with E-state index in [0.717, 1.165) is 16.7 Å². The minimum Gasteiger partial charge on any atom is -0.392 e. The second-order valence-corrected chi connectivity index (χ2v) is 12.3. The molecule has 0 aromatic heterocycles. The van der Waals surface area contributed by atoms with E-state index in [-0.39, 0.29) is 36.2 Å². The largest absolute Gasteiger partial charge is 0.392 e. The first kappa shape index (κ1) is 26.9. The zero-order chi connectivity index (χ0) is 28.7. The monoisotopic (exact) mass is 567 g/mol. The zero-order valence-electron chi connectivity index (χ0n) is 22.4. The van der Waals surface area contributed by atoms with Crippen molar-refractivity contribution in [2.75, 3.05) is 23.3 Å². The van der Waals surface area contributed by atoms with Crippen molar-refractivity contribution in [3.05, 3.63) is 114 Å². The molecule has 0 spiro atoms. The molecule has 6 rings (SSSR count). The Bertz CT molecular complexity index is 1740. The van der Waals surface area contributed by atoms with Crippen LogP contribution in [0.4, 0.5) is 11.4 Å². The van der Waals surface area contributed by atoms with Crippen LogP contribution in [0.25, 0.3) is 11.1 Å². The number of anilines is 2. The van der Waals surface area contributed by atoms with Crippen molar-refractivity contribution in [2.24, 2.45) is 0 Å². The molecule has 4 aromatic rings. The van der Waals surface area contributed by atoms with Gasteiger partial charge in [-0.2, -0.15) is 4.31 Å². The maximum atomic E-state index is 13.7. The molecule has 2 N–H and O–H groups in total. The van der Waals surface area contributed by atoms with Crippen molar-refractivity contribution in [1.29, 1.82) is 0 Å². The van der Waals surface area contributed by atoms with Gasteiger partial charge in [0.25, 0.3) is 11.8 Å². The SMILES string of the molecule is Cc1ccc(-c2ccccc2C(=O)Nc2ccc(C(=O)N3C[C@H]4C[C@@H](O)CN4S(=O)(=O)c4ccccc43)cc2)cc1. The lowest BCUT2D eigenvalue weighted by Gasteiger charge is -2.25. The van der Waals surface area contributed by atoms with Crippen LogP contribution in [0.2, 0.25) is 0 Å². The highest BCUT2D eigenvalue weighted by Gasteiger charge is 2.45. The number of amides is 2. The molecule has 2 atom stereocenters. The Balaban J connectivity index is 1.25. The van der Waals surface area contributed by atoms with Gasteiger partial charge >= 0.3 is 0 Å². The van der Waals surface area contributed by atoms with E-state index in [4.69, 9.17) is 0 Å². The number of sulfonamides is 1. The number of hydrogen-bond donors (Lipinski definition) is 2. The van der Waals surface area contributed by atoms with Crippen molar-refractivity contribution < 1.29 is 23.1 Å². The summed E-state index contributed by atoms with van der Waals surface area (Å²) in [5.74, 6) is -0.634. The van der Waals surface area contributed by atoms with Gasteiger partial charge in [-0.1, -0.05) is 60.2 Å². The maximum Gasteiger partial charge on any atom is 0.258 e. The average molecular weight is 568 g/mol. The number of benzene rings is 4. The molecule has 0 aliphatic carbocycles. The molecule has 0 unspecified atom stereocenters. The predicted molar refractivity (Wildman–Crippen MR) is 157 cm³/mol. The molecular weight excluding hydrogens is 538 g/mol. The number of nitrogens with one attached hydrogen (secondary N) is 1. The normalized spacial score (nSPS) is 19.6. The number of para-hydroxylation sites is 1. The van der Waals surface area contributed by atoms with Crippen LogP contribution < -0.4 is 10.2 Å². The highest BCUT2D eigenvalue weighted by molar-refractivity contribution is 7.89. The molecule has 2 aliphatic heterocycles. The number of carbonyl (C=O) groups excluding carboxylic acids is 2. The predicted octanol–water partition coefficient (Wildman–Crippen LogP) is 4.70. The third kappa shape index (κ3) is 5.04. The minimum atomic E-state index is -3.88. The molecule has 0 saturated carbocycles. The quantitative estimate of drug-likeness (QED) is 0.372. The molecule has 4 aromatic carbocycles. The second kappa shape index (κ2) is 10.6. The van der Waals surface area contributed by atoms with E-state index in [1.54, 1.807) is 48.5 Å². The highest BCUT2D eigenvalue weighted by Crippen LogP contribution is 2.37. The highest BCUT2D eigenvalue weighted by atomic mass is 32.2. The Labute approximate surface area is 238 Å². The Hall–Kier alpha value is -4.31. The van der Waals surface area contributed by atoms with Crippen LogP contribution in [-0.2, 0) is 10.0 Å². The third-order valence-electron chi connectivity index (χ3n) is 7.65. The Kier molecular flexibility index (Phi) is 6.94. The number of carbonyl (C=O) groups is 2. The number of rotatable bonds is 4. The molecule has 8 nitrogen and oxygen atoms in total. The van der Waals surface area contributed by atoms with Crippen LogP contribution in [0.1, 0.15) is 32.7 Å². The first-order chi connectivity index (χ1) is 19.7. The van der Waals surface area contributed by atoms with Gasteiger partial charge in [0.1, 0.15) is 4.90 Å². The maximum absolute atomic E-state index is 13.7. The van der Waals surface area contributed by atoms with Crippen LogP contribution in [0.15, 0.2) is 102 Å². The summed E-state index contributed by atoms with van der Waals surface area (Å²) in [5.41, 5.74) is 4.60. The van der Waals surface area contributed by atoms with Gasteiger partial charge in [0, 0.05) is 35.9 Å². The molecule has 1 fully saturated rings. The lowest BCUT2D eigenvalue weighted by Crippen LogP contribution is -2.42. The first-order valence-corrected chi connectivity index (χ1v) is 14.8. The van der Waals surface area contributed by atoms with Crippen LogP contribution in [-0.4, -0.2) is 54.9 Å². The van der Waals surface area contributed by atoms with Gasteiger partial charge in [-0.3, -0.25) is 9.59 Å². The van der Waals surface area contributed by atoms with Gasteiger partial charge in [0.2, 0.25) is 10.0 Å². The summed E-state index contributed by atoms with van der Waals surface area (Å²) >= 11 is 0. The molecule has 0 bridgehead atoms. The number of hydrogen-bond acceptors (Lipinski definition) is 5. The van der Waals surface area contributed by atoms with Crippen molar-refractivity contribution in [3.63, 3.8) is 0 Å². The number of aryl methyl sites for hydroxylation is 1. The summed E-state index contributed by atoms with van der Waals surface area (Å²) in [6, 6.07) is 27.8. The zero-order valence-corrected chi connectivity index (χ0v) is 23.2. The fourth-order valence-electron chi connectivity index (χ4n) is 5.57. The summed E-state index contributed by atoms with van der Waals surface area (Å²) in [7, 11) is -3.88. The van der Waals surface area contributed by atoms with Crippen LogP contribution >= 0.6 is 0 Å². The standard InChI is InChI=1S/C32H29N3O5S/c1-21-10-12-22(13-11-21)27-6-2-3-7-28(27)31(37)33-24-16-14-23(15-17-24)32(38)34-19-25-18-26(36)20-35(25)41(39,40)30-9-5-4-8-29(30)34/h2-17,25-26,36H,18-20H2,1H3,(H,33,37)/t25-,26-/m1/s1. The molecule has 41 heavy (non-hydrogen) atoms. The Morgan fingerprint density at radius 3 is 2.29 bits per heavy atom. The van der Waals surface area contributed by atoms with Gasteiger partial charge in [-0.25, -0.2) is 8.42 Å². The molecule has 2 aliphatic rings. The number of aliphatic hydroxyl groups is 1. The van der Waals surface area contributed by atoms with Gasteiger partial charge in [0.15, 0.2) is 0 Å². The van der Waals surface area contributed by atoms with E-state index in [9.17, 15) is 23.1 Å². The topological polar surface area (TPSA) is 107 Å². The van der Waals surface area contributed by atoms with E-state index in [0.29, 0.717) is 22.5 Å². The van der Waals surface area contributed by atoms with Crippen LogP contribution in [0.5, 0.6) is 0 Å². The van der Waals surface area contributed by atoms with Gasteiger partial charge in [0.05, 0.1) is 11.8 Å². The summed E-state index contributed by atoms with van der Waals surface area (Å²) in [4.78, 5) is 28.5. The number of aliphatic hydroxyl groups excluding tert-OH is 1. The van der Waals surface area contributed by atoms with E-state index in [1.807, 2.05) is 49.4 Å². The number of fused-ring (bicyclic) bond motifs is 2. The molecule has 0 radical (unpaired) electrons. The minimum absolute atomic E-state index is 0.00476. The summed E-state index contributed by atoms with van der Waals surface area (Å²) < 4.78 is 28.1. The molecule has 2 heterocycles. The van der Waals surface area contributed by atoms with Crippen LogP contribution in [0.3, 0.4) is 0 Å². The van der Waals surface area contributed by atoms with Crippen molar-refractivity contribution >= 4 is 33.2 Å². The lowest BCUT2D eigenvalue weighted by molar-refractivity contribution is 0.0981. The van der Waals surface area contributed by atoms with Gasteiger partial charge < -0.3 is 15.3 Å². The molecule has 2 amide bonds. The summed E-state index contributed by atoms with van der Waals surface area (Å²) in [6.07, 6.45) is -0.525. The first-order valence-electron chi connectivity index (χ1n) is 13.4. The van der Waals surface area contributed by atoms with E-state index < -0.39 is 22.2 Å². The van der Waals surface area contributed by atoms with E-state index in [1.165, 1.54) is 15.3 Å². The summed E-state index contributed by atoms with van der Waals surface area (Å²) in [6.45, 7) is 2.14. The molecule has 208 valence electrons. The third-order valence-corrected chi connectivity index (χ3v) is 9.61. The Morgan fingerprint density at radius 1 is 0.854 bits per heavy atom. The van der Waals surface area contributed by atoms with Crippen molar-refractivity contribution in [3.8, 4) is 11.1 Å². The summed E-state index contributed by atoms with van der Waals surface area (Å²) in [5, 5.41) is 13.1. The van der Waals surface area contributed by atoms with Crippen LogP contribution in [0, 0.1) is 6.92 Å². The smallest absolute Gasteiger partial charge is 0.258 e. The number of nitrogens with zero attached hydrogens (tertiary/aromatic N) is 2. The van der Waals surface area contributed by atoms with Crippen molar-refractivity contribution in [2.45, 2.75) is 30.4 Å². The van der Waals surface area contributed by atoms with E-state index in [2.05, 4.69) is 5.32 Å². The molecule has 1 saturated heterocycles. The fraction of sp³-hybridized carbons (Fsp3) is 0.188. The molecule has 9 heteroatoms. The van der Waals surface area contributed by atoms with E-state index >= 15 is 0 Å². The van der Waals surface area contributed by atoms with Gasteiger partial charge in [-0.05, 0) is 66.9 Å². The second-order valence-electron chi connectivity index (χ2n) is 10.4. The van der Waals surface area contributed by atoms with Crippen molar-refractivity contribution in [1.82, 2.24) is 4.31 Å². The Morgan fingerprint density at radius 2 is 1.54 bits per heavy atom. The molecular formula is C32H29N3O5S. The lowest BCUT2D eigenvalue weighted by atomic mass is 9.98. The van der Waals surface area contributed by atoms with Gasteiger partial charge in [-0.15, -0.1) is 0 Å².